The van der Waals surface area contributed by atoms with E-state index in [4.69, 9.17) is 5.11 Å². The summed E-state index contributed by atoms with van der Waals surface area (Å²) in [5.74, 6) is 0. The standard InChI is InChI=1S/C10H21NO2/c1-2-8(7-12)11-9-5-3-4-6-10(9)13/h8-13H,2-7H2,1H3/t8?,9-,10-/m1/s1. The molecule has 78 valence electrons. The Hall–Kier alpha value is -0.120. The second-order valence-electron chi connectivity index (χ2n) is 3.91. The molecule has 1 unspecified atom stereocenters. The van der Waals surface area contributed by atoms with Crippen LogP contribution in [0.25, 0.3) is 0 Å². The first kappa shape index (κ1) is 11.0. The molecule has 0 aromatic heterocycles. The molecule has 0 aromatic rings. The third-order valence-electron chi connectivity index (χ3n) is 2.89. The van der Waals surface area contributed by atoms with Gasteiger partial charge in [-0.1, -0.05) is 19.8 Å². The molecule has 1 fully saturated rings. The lowest BCUT2D eigenvalue weighted by molar-refractivity contribution is 0.0780. The minimum absolute atomic E-state index is 0.151. The molecule has 0 radical (unpaired) electrons. The average molecular weight is 187 g/mol. The van der Waals surface area contributed by atoms with Crippen LogP contribution in [0.1, 0.15) is 39.0 Å². The van der Waals surface area contributed by atoms with Crippen molar-refractivity contribution in [3.63, 3.8) is 0 Å². The maximum atomic E-state index is 9.66. The van der Waals surface area contributed by atoms with Crippen LogP contribution in [-0.2, 0) is 0 Å². The van der Waals surface area contributed by atoms with E-state index in [1.54, 1.807) is 0 Å². The summed E-state index contributed by atoms with van der Waals surface area (Å²) in [5, 5.41) is 22.0. The van der Waals surface area contributed by atoms with Crippen LogP contribution in [0.3, 0.4) is 0 Å². The molecule has 0 aromatic carbocycles. The van der Waals surface area contributed by atoms with Crippen molar-refractivity contribution in [1.29, 1.82) is 0 Å². The normalized spacial score (nSPS) is 31.6. The fourth-order valence-corrected chi connectivity index (χ4v) is 1.91. The van der Waals surface area contributed by atoms with E-state index in [1.807, 2.05) is 6.92 Å². The average Bonchev–Trinajstić information content (AvgIpc) is 2.17. The molecular weight excluding hydrogens is 166 g/mol. The molecular formula is C10H21NO2. The van der Waals surface area contributed by atoms with Crippen molar-refractivity contribution >= 4 is 0 Å². The minimum atomic E-state index is -0.214. The topological polar surface area (TPSA) is 52.5 Å². The van der Waals surface area contributed by atoms with Crippen molar-refractivity contribution in [1.82, 2.24) is 5.32 Å². The molecule has 3 heteroatoms. The monoisotopic (exact) mass is 187 g/mol. The highest BCUT2D eigenvalue weighted by atomic mass is 16.3. The molecule has 1 aliphatic rings. The van der Waals surface area contributed by atoms with Crippen LogP contribution >= 0.6 is 0 Å². The maximum absolute atomic E-state index is 9.66. The first-order valence-electron chi connectivity index (χ1n) is 5.33. The van der Waals surface area contributed by atoms with Gasteiger partial charge in [0, 0.05) is 12.1 Å². The van der Waals surface area contributed by atoms with Gasteiger partial charge in [-0.3, -0.25) is 0 Å². The lowest BCUT2D eigenvalue weighted by Crippen LogP contribution is -2.48. The third kappa shape index (κ3) is 3.25. The number of aliphatic hydroxyl groups is 2. The largest absolute Gasteiger partial charge is 0.395 e. The predicted octanol–water partition coefficient (Wildman–Crippen LogP) is 0.650. The number of aliphatic hydroxyl groups excluding tert-OH is 2. The molecule has 1 saturated carbocycles. The van der Waals surface area contributed by atoms with Gasteiger partial charge >= 0.3 is 0 Å². The fourth-order valence-electron chi connectivity index (χ4n) is 1.91. The van der Waals surface area contributed by atoms with Crippen molar-refractivity contribution < 1.29 is 10.2 Å². The van der Waals surface area contributed by atoms with Crippen LogP contribution in [0.5, 0.6) is 0 Å². The molecule has 0 aliphatic heterocycles. The van der Waals surface area contributed by atoms with Gasteiger partial charge in [0.15, 0.2) is 0 Å². The van der Waals surface area contributed by atoms with Crippen LogP contribution in [0.15, 0.2) is 0 Å². The Morgan fingerprint density at radius 2 is 2.08 bits per heavy atom. The molecule has 3 N–H and O–H groups in total. The second-order valence-corrected chi connectivity index (χ2v) is 3.91. The van der Waals surface area contributed by atoms with Gasteiger partial charge in [0.05, 0.1) is 12.7 Å². The quantitative estimate of drug-likeness (QED) is 0.605. The zero-order valence-electron chi connectivity index (χ0n) is 8.37. The van der Waals surface area contributed by atoms with E-state index in [2.05, 4.69) is 5.32 Å². The highest BCUT2D eigenvalue weighted by molar-refractivity contribution is 4.82. The van der Waals surface area contributed by atoms with E-state index in [0.29, 0.717) is 0 Å². The molecule has 3 atom stereocenters. The van der Waals surface area contributed by atoms with Crippen molar-refractivity contribution in [3.05, 3.63) is 0 Å². The van der Waals surface area contributed by atoms with Crippen LogP contribution in [0, 0.1) is 0 Å². The van der Waals surface area contributed by atoms with Crippen molar-refractivity contribution in [2.24, 2.45) is 0 Å². The van der Waals surface area contributed by atoms with Crippen LogP contribution in [0.2, 0.25) is 0 Å². The summed E-state index contributed by atoms with van der Waals surface area (Å²) in [6.07, 6.45) is 4.97. The molecule has 1 aliphatic carbocycles. The van der Waals surface area contributed by atoms with Gasteiger partial charge in [0.2, 0.25) is 0 Å². The van der Waals surface area contributed by atoms with Gasteiger partial charge < -0.3 is 15.5 Å². The smallest absolute Gasteiger partial charge is 0.0693 e. The zero-order chi connectivity index (χ0) is 9.68. The zero-order valence-corrected chi connectivity index (χ0v) is 8.37. The van der Waals surface area contributed by atoms with Crippen molar-refractivity contribution in [3.8, 4) is 0 Å². The van der Waals surface area contributed by atoms with E-state index >= 15 is 0 Å². The van der Waals surface area contributed by atoms with Gasteiger partial charge in [-0.2, -0.15) is 0 Å². The third-order valence-corrected chi connectivity index (χ3v) is 2.89. The van der Waals surface area contributed by atoms with Crippen LogP contribution in [0.4, 0.5) is 0 Å². The van der Waals surface area contributed by atoms with E-state index in [9.17, 15) is 5.11 Å². The molecule has 0 bridgehead atoms. The van der Waals surface area contributed by atoms with Crippen molar-refractivity contribution in [2.45, 2.75) is 57.2 Å². The summed E-state index contributed by atoms with van der Waals surface area (Å²) in [7, 11) is 0. The van der Waals surface area contributed by atoms with E-state index in [-0.39, 0.29) is 24.8 Å². The lowest BCUT2D eigenvalue weighted by atomic mass is 9.92. The van der Waals surface area contributed by atoms with E-state index < -0.39 is 0 Å². The number of hydrogen-bond donors (Lipinski definition) is 3. The Balaban J connectivity index is 2.32. The van der Waals surface area contributed by atoms with E-state index in [1.165, 1.54) is 6.42 Å². The first-order chi connectivity index (χ1) is 6.27. The molecule has 0 amide bonds. The summed E-state index contributed by atoms with van der Waals surface area (Å²) < 4.78 is 0. The number of rotatable bonds is 4. The Bertz CT molecular complexity index is 137. The number of nitrogens with one attached hydrogen (secondary N) is 1. The summed E-state index contributed by atoms with van der Waals surface area (Å²) in [4.78, 5) is 0. The van der Waals surface area contributed by atoms with E-state index in [0.717, 1.165) is 25.7 Å². The Morgan fingerprint density at radius 1 is 1.38 bits per heavy atom. The predicted molar refractivity (Wildman–Crippen MR) is 52.6 cm³/mol. The van der Waals surface area contributed by atoms with Gasteiger partial charge in [-0.15, -0.1) is 0 Å². The first-order valence-corrected chi connectivity index (χ1v) is 5.33. The molecule has 0 spiro atoms. The molecule has 0 heterocycles. The summed E-state index contributed by atoms with van der Waals surface area (Å²) >= 11 is 0. The highest BCUT2D eigenvalue weighted by Crippen LogP contribution is 2.18. The lowest BCUT2D eigenvalue weighted by Gasteiger charge is -2.31. The molecule has 0 saturated heterocycles. The SMILES string of the molecule is CCC(CO)N[C@@H]1CCCC[C@H]1O. The van der Waals surface area contributed by atoms with Crippen LogP contribution < -0.4 is 5.32 Å². The summed E-state index contributed by atoms with van der Waals surface area (Å²) in [6.45, 7) is 2.21. The van der Waals surface area contributed by atoms with Gasteiger partial charge in [-0.05, 0) is 19.3 Å². The second kappa shape index (κ2) is 5.58. The molecule has 3 nitrogen and oxygen atoms in total. The van der Waals surface area contributed by atoms with Gasteiger partial charge in [0.25, 0.3) is 0 Å². The Labute approximate surface area is 80.2 Å². The van der Waals surface area contributed by atoms with Crippen molar-refractivity contribution in [2.75, 3.05) is 6.61 Å². The van der Waals surface area contributed by atoms with Crippen LogP contribution in [-0.4, -0.2) is 35.0 Å². The fraction of sp³-hybridized carbons (Fsp3) is 1.00. The Kier molecular flexibility index (Phi) is 4.70. The Morgan fingerprint density at radius 3 is 2.62 bits per heavy atom. The molecule has 13 heavy (non-hydrogen) atoms. The molecule has 1 rings (SSSR count). The van der Waals surface area contributed by atoms with Gasteiger partial charge in [-0.25, -0.2) is 0 Å². The maximum Gasteiger partial charge on any atom is 0.0693 e. The highest BCUT2D eigenvalue weighted by Gasteiger charge is 2.24. The minimum Gasteiger partial charge on any atom is -0.395 e. The van der Waals surface area contributed by atoms with Gasteiger partial charge in [0.1, 0.15) is 0 Å². The summed E-state index contributed by atoms with van der Waals surface area (Å²) in [6, 6.07) is 0.351. The number of hydrogen-bond acceptors (Lipinski definition) is 3. The summed E-state index contributed by atoms with van der Waals surface area (Å²) in [5.41, 5.74) is 0.